The second-order valence-corrected chi connectivity index (χ2v) is 5.22. The lowest BCUT2D eigenvalue weighted by Crippen LogP contribution is -2.40. The molecule has 0 fully saturated rings. The first-order valence-corrected chi connectivity index (χ1v) is 7.84. The number of carboxylic acids is 2. The minimum atomic E-state index is -1.06. The second-order valence-electron chi connectivity index (χ2n) is 4.91. The highest BCUT2D eigenvalue weighted by Crippen LogP contribution is 2.12. The Morgan fingerprint density at radius 1 is 0.893 bits per heavy atom. The third-order valence-corrected chi connectivity index (χ3v) is 3.35. The van der Waals surface area contributed by atoms with Gasteiger partial charge in [0.2, 0.25) is 0 Å². The highest BCUT2D eigenvalue weighted by atomic mass is 35.5. The van der Waals surface area contributed by atoms with Gasteiger partial charge in [-0.3, -0.25) is 14.4 Å². The maximum absolute atomic E-state index is 10.8. The van der Waals surface area contributed by atoms with Crippen LogP contribution in [-0.4, -0.2) is 80.2 Å². The molecule has 0 aliphatic rings. The third-order valence-electron chi connectivity index (χ3n) is 3.19. The summed E-state index contributed by atoms with van der Waals surface area (Å²) >= 11 is 4.60. The van der Waals surface area contributed by atoms with E-state index in [1.165, 1.54) is 28.4 Å². The fraction of sp³-hybridized carbons (Fsp3) is 0.750. The van der Waals surface area contributed by atoms with Crippen molar-refractivity contribution >= 4 is 34.9 Å². The van der Waals surface area contributed by atoms with Crippen LogP contribution >= 0.6 is 11.6 Å². The van der Waals surface area contributed by atoms with E-state index in [9.17, 15) is 19.2 Å². The summed E-state index contributed by atoms with van der Waals surface area (Å²) in [5.41, 5.74) is 4.37. The van der Waals surface area contributed by atoms with Crippen molar-refractivity contribution in [1.82, 2.24) is 0 Å². The molecule has 4 N–H and O–H groups in total. The van der Waals surface area contributed by atoms with Gasteiger partial charge in [0.05, 0.1) is 38.8 Å². The lowest BCUT2D eigenvalue weighted by Gasteiger charge is -2.17. The van der Waals surface area contributed by atoms with Crippen LogP contribution in [0, 0.1) is 5.92 Å². The minimum Gasteiger partial charge on any atom is -0.481 e. The summed E-state index contributed by atoms with van der Waals surface area (Å²) in [4.78, 5) is 40.9. The van der Waals surface area contributed by atoms with Crippen molar-refractivity contribution in [3.63, 3.8) is 0 Å². The first-order valence-electron chi connectivity index (χ1n) is 7.46. The van der Waals surface area contributed by atoms with E-state index < -0.39 is 47.5 Å². The van der Waals surface area contributed by atoms with Crippen LogP contribution in [0.3, 0.4) is 0 Å². The Bertz CT molecular complexity index is 461. The maximum atomic E-state index is 10.8. The Labute approximate surface area is 170 Å². The normalized spacial score (nSPS) is 13.4. The molecular formula is C16H32ClNO10. The first kappa shape index (κ1) is 33.6. The molecule has 0 saturated heterocycles. The minimum absolute atomic E-state index is 0. The molecule has 0 aliphatic carbocycles. The van der Waals surface area contributed by atoms with Gasteiger partial charge in [-0.15, -0.1) is 0 Å². The molecule has 0 aliphatic heterocycles. The van der Waals surface area contributed by atoms with Gasteiger partial charge >= 0.3 is 23.3 Å². The summed E-state index contributed by atoms with van der Waals surface area (Å²) in [5, 5.41) is 17.0. The Hall–Kier alpha value is -1.95. The molecule has 0 spiro atoms. The van der Waals surface area contributed by atoms with E-state index in [1.54, 1.807) is 13.8 Å². The SMILES string of the molecule is C.COC(=O)C[C@H](C(=O)O)[C@H](C)OC.COC(=O)Cl.CO[C@@H](C)[C@H](N)C(=O)O. The summed E-state index contributed by atoms with van der Waals surface area (Å²) in [6.07, 6.45) is -1.10. The number of nitrogens with two attached hydrogens (primary N) is 1. The average molecular weight is 434 g/mol. The van der Waals surface area contributed by atoms with Crippen LogP contribution in [0.15, 0.2) is 0 Å². The van der Waals surface area contributed by atoms with E-state index in [1.807, 2.05) is 0 Å². The molecule has 0 aromatic carbocycles. The third kappa shape index (κ3) is 18.8. The van der Waals surface area contributed by atoms with E-state index in [4.69, 9.17) is 20.7 Å². The summed E-state index contributed by atoms with van der Waals surface area (Å²) < 4.78 is 17.7. The summed E-state index contributed by atoms with van der Waals surface area (Å²) in [6.45, 7) is 3.21. The quantitative estimate of drug-likeness (QED) is 0.372. The van der Waals surface area contributed by atoms with Gasteiger partial charge in [0.25, 0.3) is 0 Å². The highest BCUT2D eigenvalue weighted by Gasteiger charge is 2.27. The number of esters is 1. The van der Waals surface area contributed by atoms with Gasteiger partial charge in [-0.2, -0.15) is 0 Å². The molecule has 168 valence electrons. The molecule has 0 aromatic heterocycles. The maximum Gasteiger partial charge on any atom is 0.403 e. The standard InChI is InChI=1S/C8H14O5.C5H11NO3.C2H3ClO2.CH4/c1-5(12-2)6(8(10)11)4-7(9)13-3;1-3(9-2)4(6)5(7)8;1-5-2(3)4;/h5-6H,4H2,1-3H3,(H,10,11);3-4H,6H2,1-2H3,(H,7,8);1H3;1H4/t5-,6-;3-,4-;;/m00../s1. The second kappa shape index (κ2) is 19.8. The van der Waals surface area contributed by atoms with Crippen molar-refractivity contribution in [3.8, 4) is 0 Å². The Kier molecular flexibility index (Phi) is 23.8. The number of aliphatic carboxylic acids is 2. The van der Waals surface area contributed by atoms with Gasteiger partial charge in [-0.05, 0) is 13.8 Å². The molecule has 0 bridgehead atoms. The molecule has 0 aromatic rings. The van der Waals surface area contributed by atoms with E-state index >= 15 is 0 Å². The number of hydrogen-bond acceptors (Lipinski definition) is 9. The van der Waals surface area contributed by atoms with E-state index in [2.05, 4.69) is 25.8 Å². The first-order chi connectivity index (χ1) is 12.4. The monoisotopic (exact) mass is 433 g/mol. The molecule has 11 nitrogen and oxygen atoms in total. The van der Waals surface area contributed by atoms with Gasteiger partial charge in [-0.1, -0.05) is 7.43 Å². The van der Waals surface area contributed by atoms with Crippen molar-refractivity contribution in [2.24, 2.45) is 11.7 Å². The van der Waals surface area contributed by atoms with E-state index in [0.717, 1.165) is 0 Å². The predicted molar refractivity (Wildman–Crippen MR) is 101 cm³/mol. The number of carboxylic acid groups (broad SMARTS) is 2. The number of methoxy groups -OCH3 is 4. The number of carbonyl (C=O) groups excluding carboxylic acids is 2. The fourth-order valence-electron chi connectivity index (χ4n) is 1.23. The van der Waals surface area contributed by atoms with E-state index in [-0.39, 0.29) is 13.8 Å². The molecule has 4 atom stereocenters. The molecule has 12 heteroatoms. The van der Waals surface area contributed by atoms with Gasteiger partial charge in [0.1, 0.15) is 6.04 Å². The topological polar surface area (TPSA) is 172 Å². The highest BCUT2D eigenvalue weighted by molar-refractivity contribution is 6.61. The zero-order valence-corrected chi connectivity index (χ0v) is 16.9. The van der Waals surface area contributed by atoms with Crippen LogP contribution in [0.2, 0.25) is 0 Å². The number of carbonyl (C=O) groups is 4. The van der Waals surface area contributed by atoms with Gasteiger partial charge < -0.3 is 34.9 Å². The summed E-state index contributed by atoms with van der Waals surface area (Å²) in [5.74, 6) is -3.49. The Morgan fingerprint density at radius 2 is 1.29 bits per heavy atom. The Morgan fingerprint density at radius 3 is 1.46 bits per heavy atom. The predicted octanol–water partition coefficient (Wildman–Crippen LogP) is 1.35. The van der Waals surface area contributed by atoms with Crippen LogP contribution in [0.25, 0.3) is 0 Å². The van der Waals surface area contributed by atoms with Crippen molar-refractivity contribution < 1.29 is 48.3 Å². The largest absolute Gasteiger partial charge is 0.481 e. The van der Waals surface area contributed by atoms with Crippen LogP contribution in [-0.2, 0) is 33.3 Å². The fourth-order valence-corrected chi connectivity index (χ4v) is 1.23. The summed E-state index contributed by atoms with van der Waals surface area (Å²) in [6, 6.07) is -0.921. The van der Waals surface area contributed by atoms with Crippen molar-refractivity contribution in [2.75, 3.05) is 28.4 Å². The smallest absolute Gasteiger partial charge is 0.403 e. The number of ether oxygens (including phenoxy) is 4. The van der Waals surface area contributed by atoms with E-state index in [0.29, 0.717) is 0 Å². The zero-order chi connectivity index (χ0) is 22.2. The van der Waals surface area contributed by atoms with Crippen molar-refractivity contribution in [1.29, 1.82) is 0 Å². The molecule has 0 saturated carbocycles. The number of halogens is 1. The van der Waals surface area contributed by atoms with Gasteiger partial charge in [0, 0.05) is 25.8 Å². The lowest BCUT2D eigenvalue weighted by atomic mass is 10.0. The van der Waals surface area contributed by atoms with Gasteiger partial charge in [-0.25, -0.2) is 4.79 Å². The molecular weight excluding hydrogens is 402 g/mol. The molecule has 0 heterocycles. The molecule has 0 rings (SSSR count). The van der Waals surface area contributed by atoms with Crippen LogP contribution in [0.5, 0.6) is 0 Å². The van der Waals surface area contributed by atoms with Crippen LogP contribution in [0.4, 0.5) is 4.79 Å². The molecule has 0 radical (unpaired) electrons. The zero-order valence-electron chi connectivity index (χ0n) is 16.1. The van der Waals surface area contributed by atoms with Crippen LogP contribution in [0.1, 0.15) is 27.7 Å². The Balaban J connectivity index is -0.000000167. The molecule has 28 heavy (non-hydrogen) atoms. The van der Waals surface area contributed by atoms with Crippen LogP contribution < -0.4 is 5.73 Å². The summed E-state index contributed by atoms with van der Waals surface area (Å²) in [7, 11) is 5.26. The van der Waals surface area contributed by atoms with Crippen molar-refractivity contribution in [2.45, 2.75) is 45.9 Å². The molecule has 0 unspecified atom stereocenters. The number of hydrogen-bond donors (Lipinski definition) is 3. The number of rotatable bonds is 8. The van der Waals surface area contributed by atoms with Crippen molar-refractivity contribution in [3.05, 3.63) is 0 Å². The average Bonchev–Trinajstić information content (AvgIpc) is 2.64. The van der Waals surface area contributed by atoms with Gasteiger partial charge in [0.15, 0.2) is 0 Å². The lowest BCUT2D eigenvalue weighted by molar-refractivity contribution is -0.154. The molecule has 0 amide bonds.